The number of primary amides is 1. The lowest BCUT2D eigenvalue weighted by Crippen LogP contribution is -2.37. The fourth-order valence-corrected chi connectivity index (χ4v) is 3.99. The van der Waals surface area contributed by atoms with Gasteiger partial charge in [0.15, 0.2) is 0 Å². The number of urea groups is 1. The molecule has 3 amide bonds. The normalized spacial score (nSPS) is 15.4. The molecule has 0 saturated carbocycles. The predicted molar refractivity (Wildman–Crippen MR) is 126 cm³/mol. The Morgan fingerprint density at radius 3 is 2.41 bits per heavy atom. The van der Waals surface area contributed by atoms with Crippen LogP contribution in [0.25, 0.3) is 0 Å². The van der Waals surface area contributed by atoms with E-state index in [4.69, 9.17) is 10.5 Å². The van der Waals surface area contributed by atoms with Crippen LogP contribution in [0.5, 0.6) is 11.5 Å². The number of hydrogen-bond donors (Lipinski definition) is 3. The lowest BCUT2D eigenvalue weighted by atomic mass is 10.0. The fourth-order valence-electron chi connectivity index (χ4n) is 3.99. The highest BCUT2D eigenvalue weighted by atomic mass is 16.5. The van der Waals surface area contributed by atoms with Crippen LogP contribution in [0, 0.1) is 0 Å². The van der Waals surface area contributed by atoms with Crippen LogP contribution in [0.4, 0.5) is 4.79 Å². The molecule has 0 radical (unpaired) electrons. The molecule has 0 aromatic heterocycles. The van der Waals surface area contributed by atoms with Gasteiger partial charge in [-0.05, 0) is 68.7 Å². The molecular weight excluding hydrogens is 404 g/mol. The number of benzene rings is 2. The Morgan fingerprint density at radius 2 is 1.69 bits per heavy atom. The summed E-state index contributed by atoms with van der Waals surface area (Å²) >= 11 is 0. The van der Waals surface area contributed by atoms with E-state index in [0.29, 0.717) is 18.0 Å². The minimum absolute atomic E-state index is 0.113. The van der Waals surface area contributed by atoms with Gasteiger partial charge >= 0.3 is 6.03 Å². The smallest absolute Gasteiger partial charge is 0.312 e. The van der Waals surface area contributed by atoms with Crippen LogP contribution in [0.2, 0.25) is 0 Å². The van der Waals surface area contributed by atoms with Crippen LogP contribution in [0.3, 0.4) is 0 Å². The van der Waals surface area contributed by atoms with Crippen LogP contribution in [-0.4, -0.2) is 43.0 Å². The zero-order valence-corrected chi connectivity index (χ0v) is 18.6. The summed E-state index contributed by atoms with van der Waals surface area (Å²) in [5, 5.41) is 5.66. The van der Waals surface area contributed by atoms with Gasteiger partial charge in [0, 0.05) is 6.54 Å². The van der Waals surface area contributed by atoms with Crippen molar-refractivity contribution < 1.29 is 14.3 Å². The summed E-state index contributed by atoms with van der Waals surface area (Å²) < 4.78 is 5.88. The first kappa shape index (κ1) is 23.6. The standard InChI is InChI=1S/C25H34N4O3/c26-25(31)28-23(19-24(30)27-14-9-17-29-15-6-1-2-7-16-29)20-10-8-13-22(18-20)32-21-11-4-3-5-12-21/h3-5,8,10-13,18,23H,1-2,6-7,9,14-17,19H2,(H,27,30)(H3,26,28,31). The third kappa shape index (κ3) is 8.23. The summed E-state index contributed by atoms with van der Waals surface area (Å²) in [6, 6.07) is 15.6. The monoisotopic (exact) mass is 438 g/mol. The van der Waals surface area contributed by atoms with Crippen LogP contribution >= 0.6 is 0 Å². The molecule has 1 fully saturated rings. The molecule has 0 aliphatic carbocycles. The lowest BCUT2D eigenvalue weighted by Gasteiger charge is -2.20. The summed E-state index contributed by atoms with van der Waals surface area (Å²) in [4.78, 5) is 26.6. The van der Waals surface area contributed by atoms with E-state index in [-0.39, 0.29) is 12.3 Å². The van der Waals surface area contributed by atoms with Gasteiger partial charge in [-0.2, -0.15) is 0 Å². The molecule has 4 N–H and O–H groups in total. The fraction of sp³-hybridized carbons (Fsp3) is 0.440. The average molecular weight is 439 g/mol. The van der Waals surface area contributed by atoms with Crippen LogP contribution < -0.4 is 21.1 Å². The Kier molecular flexibility index (Phi) is 9.37. The number of carbonyl (C=O) groups is 2. The zero-order chi connectivity index (χ0) is 22.6. The zero-order valence-electron chi connectivity index (χ0n) is 18.6. The minimum Gasteiger partial charge on any atom is -0.457 e. The third-order valence-electron chi connectivity index (χ3n) is 5.62. The molecule has 1 atom stereocenters. The predicted octanol–water partition coefficient (Wildman–Crippen LogP) is 3.96. The Balaban J connectivity index is 1.52. The highest BCUT2D eigenvalue weighted by Gasteiger charge is 2.18. The van der Waals surface area contributed by atoms with Gasteiger partial charge in [0.05, 0.1) is 12.5 Å². The van der Waals surface area contributed by atoms with Crippen molar-refractivity contribution in [1.82, 2.24) is 15.5 Å². The Bertz CT molecular complexity index is 851. The van der Waals surface area contributed by atoms with Crippen molar-refractivity contribution in [2.45, 2.75) is 44.6 Å². The first-order chi connectivity index (χ1) is 15.6. The van der Waals surface area contributed by atoms with Gasteiger partial charge in [0.2, 0.25) is 5.91 Å². The van der Waals surface area contributed by atoms with Crippen LogP contribution in [0.15, 0.2) is 54.6 Å². The molecule has 7 heteroatoms. The maximum atomic E-state index is 12.5. The minimum atomic E-state index is -0.668. The summed E-state index contributed by atoms with van der Waals surface area (Å²) in [5.74, 6) is 1.23. The molecular formula is C25H34N4O3. The Labute approximate surface area is 190 Å². The van der Waals surface area contributed by atoms with E-state index in [1.54, 1.807) is 0 Å². The van der Waals surface area contributed by atoms with E-state index in [1.165, 1.54) is 25.7 Å². The first-order valence-electron chi connectivity index (χ1n) is 11.5. The molecule has 0 spiro atoms. The molecule has 3 rings (SSSR count). The van der Waals surface area contributed by atoms with Crippen molar-refractivity contribution in [2.75, 3.05) is 26.2 Å². The van der Waals surface area contributed by atoms with E-state index in [9.17, 15) is 9.59 Å². The number of carbonyl (C=O) groups excluding carboxylic acids is 2. The number of ether oxygens (including phenoxy) is 1. The highest BCUT2D eigenvalue weighted by molar-refractivity contribution is 5.78. The molecule has 2 aromatic carbocycles. The summed E-state index contributed by atoms with van der Waals surface area (Å²) in [5.41, 5.74) is 6.13. The molecule has 7 nitrogen and oxygen atoms in total. The maximum Gasteiger partial charge on any atom is 0.312 e. The molecule has 1 aliphatic heterocycles. The molecule has 32 heavy (non-hydrogen) atoms. The van der Waals surface area contributed by atoms with Gasteiger partial charge in [-0.15, -0.1) is 0 Å². The van der Waals surface area contributed by atoms with Crippen molar-refractivity contribution in [2.24, 2.45) is 5.73 Å². The lowest BCUT2D eigenvalue weighted by molar-refractivity contribution is -0.121. The van der Waals surface area contributed by atoms with E-state index < -0.39 is 12.1 Å². The molecule has 0 bridgehead atoms. The number of nitrogens with two attached hydrogens (primary N) is 1. The van der Waals surface area contributed by atoms with Crippen LogP contribution in [-0.2, 0) is 4.79 Å². The summed E-state index contributed by atoms with van der Waals surface area (Å²) in [7, 11) is 0. The quantitative estimate of drug-likeness (QED) is 0.489. The number of nitrogens with zero attached hydrogens (tertiary/aromatic N) is 1. The van der Waals surface area contributed by atoms with Gasteiger partial charge in [0.1, 0.15) is 11.5 Å². The van der Waals surface area contributed by atoms with E-state index in [1.807, 2.05) is 54.6 Å². The van der Waals surface area contributed by atoms with E-state index >= 15 is 0 Å². The van der Waals surface area contributed by atoms with Crippen molar-refractivity contribution in [3.05, 3.63) is 60.2 Å². The summed E-state index contributed by atoms with van der Waals surface area (Å²) in [6.45, 7) is 3.93. The Hall–Kier alpha value is -3.06. The topological polar surface area (TPSA) is 96.7 Å². The number of nitrogens with one attached hydrogen (secondary N) is 2. The summed E-state index contributed by atoms with van der Waals surface area (Å²) in [6.07, 6.45) is 6.19. The largest absolute Gasteiger partial charge is 0.457 e. The third-order valence-corrected chi connectivity index (χ3v) is 5.62. The maximum absolute atomic E-state index is 12.5. The number of amides is 3. The number of hydrogen-bond acceptors (Lipinski definition) is 4. The Morgan fingerprint density at radius 1 is 0.969 bits per heavy atom. The average Bonchev–Trinajstić information content (AvgIpc) is 3.06. The van der Waals surface area contributed by atoms with Crippen LogP contribution in [0.1, 0.15) is 50.1 Å². The van der Waals surface area contributed by atoms with Crippen molar-refractivity contribution >= 4 is 11.9 Å². The van der Waals surface area contributed by atoms with Gasteiger partial charge in [-0.25, -0.2) is 4.79 Å². The van der Waals surface area contributed by atoms with Gasteiger partial charge < -0.3 is 26.0 Å². The van der Waals surface area contributed by atoms with Crippen molar-refractivity contribution in [3.63, 3.8) is 0 Å². The second-order valence-electron chi connectivity index (χ2n) is 8.21. The van der Waals surface area contributed by atoms with Crippen molar-refractivity contribution in [3.8, 4) is 11.5 Å². The molecule has 2 aromatic rings. The van der Waals surface area contributed by atoms with Crippen molar-refractivity contribution in [1.29, 1.82) is 0 Å². The SMILES string of the molecule is NC(=O)NC(CC(=O)NCCCN1CCCCCC1)c1cccc(Oc2ccccc2)c1. The number of rotatable bonds is 10. The van der Waals surface area contributed by atoms with E-state index in [0.717, 1.165) is 31.6 Å². The number of para-hydroxylation sites is 1. The molecule has 1 aliphatic rings. The molecule has 172 valence electrons. The van der Waals surface area contributed by atoms with E-state index in [2.05, 4.69) is 15.5 Å². The second kappa shape index (κ2) is 12.7. The molecule has 1 heterocycles. The highest BCUT2D eigenvalue weighted by Crippen LogP contribution is 2.26. The molecule has 1 unspecified atom stereocenters. The van der Waals surface area contributed by atoms with Gasteiger partial charge in [-0.1, -0.05) is 43.2 Å². The van der Waals surface area contributed by atoms with Gasteiger partial charge in [-0.3, -0.25) is 4.79 Å². The second-order valence-corrected chi connectivity index (χ2v) is 8.21. The number of likely N-dealkylation sites (tertiary alicyclic amines) is 1. The molecule has 1 saturated heterocycles. The first-order valence-corrected chi connectivity index (χ1v) is 11.5. The van der Waals surface area contributed by atoms with Gasteiger partial charge in [0.25, 0.3) is 0 Å².